The Balaban J connectivity index is -0.000000144. The van der Waals surface area contributed by atoms with E-state index >= 15 is 0 Å². The van der Waals surface area contributed by atoms with Gasteiger partial charge in [-0.15, -0.1) is 0 Å². The fourth-order valence-electron chi connectivity index (χ4n) is 0. The van der Waals surface area contributed by atoms with Gasteiger partial charge < -0.3 is 48.7 Å². The van der Waals surface area contributed by atoms with E-state index in [0.29, 0.717) is 0 Å². The molecule has 0 aliphatic heterocycles. The Labute approximate surface area is 84.9 Å². The molecule has 2 N–H and O–H groups in total. The lowest BCUT2D eigenvalue weighted by Gasteiger charge is -2.36. The zero-order chi connectivity index (χ0) is 13.3. The highest BCUT2D eigenvalue weighted by Crippen LogP contribution is 2.03. The third-order valence-corrected chi connectivity index (χ3v) is 0.264. The zero-order valence-electron chi connectivity index (χ0n) is 7.34. The fraction of sp³-hybridized carbons (Fsp3) is 1.00. The molecule has 0 fully saturated rings. The Bertz CT molecular complexity index is 176. The lowest BCUT2D eigenvalue weighted by Crippen LogP contribution is -2.24. The predicted molar refractivity (Wildman–Crippen MR) is 34.0 cm³/mol. The van der Waals surface area contributed by atoms with Gasteiger partial charge in [-0.1, -0.05) is 0 Å². The van der Waals surface area contributed by atoms with Crippen LogP contribution in [0, 0.1) is 0 Å². The van der Waals surface area contributed by atoms with Gasteiger partial charge in [-0.25, -0.2) is 0 Å². The molecule has 0 rings (SSSR count). The van der Waals surface area contributed by atoms with E-state index in [0.717, 1.165) is 0 Å². The largest absolute Gasteiger partial charge is 0.822 e. The van der Waals surface area contributed by atoms with E-state index < -0.39 is 21.7 Å². The smallest absolute Gasteiger partial charge is 0.0742 e. The quantitative estimate of drug-likeness (QED) is 0.428. The molecular formula is C3H8O10P2-6. The summed E-state index contributed by atoms with van der Waals surface area (Å²) in [5.41, 5.74) is 0. The van der Waals surface area contributed by atoms with Crippen LogP contribution in [0.5, 0.6) is 0 Å². The number of hydrogen-bond donors (Lipinski definition) is 2. The van der Waals surface area contributed by atoms with E-state index in [1.807, 2.05) is 0 Å². The van der Waals surface area contributed by atoms with E-state index in [4.69, 9.17) is 48.7 Å². The van der Waals surface area contributed by atoms with Gasteiger partial charge in [0.25, 0.3) is 0 Å². The molecule has 0 spiro atoms. The molecule has 10 nitrogen and oxygen atoms in total. The molecule has 0 saturated carbocycles. The van der Waals surface area contributed by atoms with Crippen molar-refractivity contribution in [1.82, 2.24) is 0 Å². The second-order valence-corrected chi connectivity index (χ2v) is 3.71. The SMILES string of the molecule is CC(O)CO.O=P([O-])([O-])[O-].O=P([O-])([O-])[O-]. The van der Waals surface area contributed by atoms with Crippen LogP contribution in [0.2, 0.25) is 0 Å². The van der Waals surface area contributed by atoms with Crippen LogP contribution < -0.4 is 29.4 Å². The summed E-state index contributed by atoms with van der Waals surface area (Å²) < 4.78 is 17.1. The summed E-state index contributed by atoms with van der Waals surface area (Å²) in [6, 6.07) is 0. The second-order valence-electron chi connectivity index (χ2n) is 1.93. The lowest BCUT2D eigenvalue weighted by molar-refractivity contribution is -0.434. The first-order chi connectivity index (χ1) is 6.27. The van der Waals surface area contributed by atoms with Crippen LogP contribution in [0.25, 0.3) is 0 Å². The maximum atomic E-state index is 8.55. The highest BCUT2D eigenvalue weighted by Gasteiger charge is 1.83. The molecule has 0 bridgehead atoms. The van der Waals surface area contributed by atoms with Crippen molar-refractivity contribution in [2.75, 3.05) is 6.61 Å². The molecule has 1 unspecified atom stereocenters. The Morgan fingerprint density at radius 3 is 1.07 bits per heavy atom. The van der Waals surface area contributed by atoms with Crippen LogP contribution in [0.3, 0.4) is 0 Å². The predicted octanol–water partition coefficient (Wildman–Crippen LogP) is -6.29. The molecule has 1 atom stereocenters. The molecule has 0 aromatic heterocycles. The van der Waals surface area contributed by atoms with E-state index in [2.05, 4.69) is 0 Å². The first kappa shape index (κ1) is 20.5. The number of aliphatic hydroxyl groups excluding tert-OH is 2. The lowest BCUT2D eigenvalue weighted by atomic mass is 10.5. The minimum atomic E-state index is -5.39. The second kappa shape index (κ2) is 9.37. The highest BCUT2D eigenvalue weighted by molar-refractivity contribution is 7.40. The molecule has 0 saturated heterocycles. The molecule has 0 radical (unpaired) electrons. The van der Waals surface area contributed by atoms with Crippen LogP contribution in [0.1, 0.15) is 6.92 Å². The molecule has 12 heteroatoms. The number of aliphatic hydroxyl groups is 2. The van der Waals surface area contributed by atoms with Crippen LogP contribution in [0.4, 0.5) is 0 Å². The molecule has 0 aromatic rings. The molecule has 0 amide bonds. The van der Waals surface area contributed by atoms with E-state index in [1.165, 1.54) is 6.92 Å². The molecule has 96 valence electrons. The van der Waals surface area contributed by atoms with E-state index in [-0.39, 0.29) is 6.61 Å². The van der Waals surface area contributed by atoms with Crippen molar-refractivity contribution in [2.24, 2.45) is 0 Å². The summed E-state index contributed by atoms with van der Waals surface area (Å²) in [6.07, 6.45) is -0.560. The van der Waals surface area contributed by atoms with Crippen molar-refractivity contribution in [3.8, 4) is 0 Å². The van der Waals surface area contributed by atoms with E-state index in [1.54, 1.807) is 0 Å². The summed E-state index contributed by atoms with van der Waals surface area (Å²) in [6.45, 7) is 1.39. The molecule has 0 heterocycles. The standard InChI is InChI=1S/C3H8O2.2H3O4P/c1-3(5)2-4;2*1-5(2,3)4/h3-5H,2H2,1H3;2*(H3,1,2,3,4)/p-6. The van der Waals surface area contributed by atoms with Crippen LogP contribution in [-0.4, -0.2) is 22.9 Å². The zero-order valence-corrected chi connectivity index (χ0v) is 9.13. The van der Waals surface area contributed by atoms with Crippen molar-refractivity contribution < 1.29 is 48.7 Å². The van der Waals surface area contributed by atoms with Gasteiger partial charge in [-0.05, 0) is 6.92 Å². The van der Waals surface area contributed by atoms with Crippen molar-refractivity contribution in [3.63, 3.8) is 0 Å². The summed E-state index contributed by atoms with van der Waals surface area (Å²) in [5, 5.41) is 16.0. The van der Waals surface area contributed by atoms with Gasteiger partial charge in [-0.2, -0.15) is 15.6 Å². The van der Waals surface area contributed by atoms with Gasteiger partial charge >= 0.3 is 0 Å². The Morgan fingerprint density at radius 1 is 1.00 bits per heavy atom. The minimum Gasteiger partial charge on any atom is -0.822 e. The summed E-state index contributed by atoms with van der Waals surface area (Å²) in [7, 11) is -10.8. The highest BCUT2D eigenvalue weighted by atomic mass is 31.2. The summed E-state index contributed by atoms with van der Waals surface area (Å²) >= 11 is 0. The molecule has 0 aliphatic carbocycles. The first-order valence-corrected chi connectivity index (χ1v) is 5.94. The molecule has 15 heavy (non-hydrogen) atoms. The average molecular weight is 266 g/mol. The maximum Gasteiger partial charge on any atom is 0.0742 e. The van der Waals surface area contributed by atoms with Crippen molar-refractivity contribution >= 4 is 15.6 Å². The normalized spacial score (nSPS) is 12.9. The van der Waals surface area contributed by atoms with Crippen LogP contribution >= 0.6 is 15.6 Å². The molecular weight excluding hydrogens is 258 g/mol. The number of hydrogen-bond acceptors (Lipinski definition) is 10. The Kier molecular flexibility index (Phi) is 12.8. The molecule has 0 aliphatic rings. The third-order valence-electron chi connectivity index (χ3n) is 0.264. The van der Waals surface area contributed by atoms with E-state index in [9.17, 15) is 0 Å². The maximum absolute atomic E-state index is 8.55. The topological polar surface area (TPSA) is 213 Å². The summed E-state index contributed by atoms with van der Waals surface area (Å²) in [4.78, 5) is 51.3. The van der Waals surface area contributed by atoms with Gasteiger partial charge in [0.2, 0.25) is 0 Å². The number of rotatable bonds is 1. The van der Waals surface area contributed by atoms with Gasteiger partial charge in [0, 0.05) is 0 Å². The van der Waals surface area contributed by atoms with Crippen molar-refractivity contribution in [1.29, 1.82) is 0 Å². The fourth-order valence-corrected chi connectivity index (χ4v) is 0. The van der Waals surface area contributed by atoms with Gasteiger partial charge in [0.15, 0.2) is 0 Å². The monoisotopic (exact) mass is 266 g/mol. The molecule has 0 aromatic carbocycles. The number of phosphoric acid groups is 2. The van der Waals surface area contributed by atoms with Crippen molar-refractivity contribution in [2.45, 2.75) is 13.0 Å². The Hall–Kier alpha value is 0.140. The average Bonchev–Trinajstić information content (AvgIpc) is 1.79. The van der Waals surface area contributed by atoms with Crippen LogP contribution in [-0.2, 0) is 9.13 Å². The van der Waals surface area contributed by atoms with Gasteiger partial charge in [0.05, 0.1) is 12.7 Å². The Morgan fingerprint density at radius 2 is 1.07 bits per heavy atom. The van der Waals surface area contributed by atoms with Crippen LogP contribution in [0.15, 0.2) is 0 Å². The van der Waals surface area contributed by atoms with Gasteiger partial charge in [0.1, 0.15) is 0 Å². The third kappa shape index (κ3) is 455. The summed E-state index contributed by atoms with van der Waals surface area (Å²) in [5.74, 6) is 0. The van der Waals surface area contributed by atoms with Gasteiger partial charge in [-0.3, -0.25) is 0 Å². The van der Waals surface area contributed by atoms with Crippen molar-refractivity contribution in [3.05, 3.63) is 0 Å². The first-order valence-electron chi connectivity index (χ1n) is 3.02. The minimum absolute atomic E-state index is 0.139.